The molecule has 2 amide bonds. The van der Waals surface area contributed by atoms with Gasteiger partial charge in [-0.2, -0.15) is 0 Å². The van der Waals surface area contributed by atoms with Gasteiger partial charge in [0, 0.05) is 38.3 Å². The fourth-order valence-electron chi connectivity index (χ4n) is 3.85. The molecule has 0 saturated carbocycles. The third kappa shape index (κ3) is 2.92. The van der Waals surface area contributed by atoms with E-state index in [0.717, 1.165) is 32.4 Å². The molecule has 1 unspecified atom stereocenters. The first kappa shape index (κ1) is 14.8. The number of likely N-dealkylation sites (tertiary alicyclic amines) is 2. The lowest BCUT2D eigenvalue weighted by molar-refractivity contribution is -0.152. The Labute approximate surface area is 126 Å². The van der Waals surface area contributed by atoms with Gasteiger partial charge in [0.25, 0.3) is 0 Å². The molecule has 3 fully saturated rings. The van der Waals surface area contributed by atoms with Crippen LogP contribution in [0.3, 0.4) is 0 Å². The molecule has 6 heteroatoms. The molecule has 0 spiro atoms. The number of piperidine rings is 1. The van der Waals surface area contributed by atoms with Crippen LogP contribution in [0.1, 0.15) is 19.3 Å². The average molecular weight is 294 g/mol. The van der Waals surface area contributed by atoms with Crippen LogP contribution in [0.15, 0.2) is 0 Å². The fraction of sp³-hybridized carbons (Fsp3) is 0.867. The second kappa shape index (κ2) is 5.93. The van der Waals surface area contributed by atoms with Gasteiger partial charge in [-0.25, -0.2) is 0 Å². The quantitative estimate of drug-likeness (QED) is 0.654. The summed E-state index contributed by atoms with van der Waals surface area (Å²) in [6.07, 6.45) is 3.20. The molecule has 3 rings (SSSR count). The zero-order valence-corrected chi connectivity index (χ0v) is 13.0. The van der Waals surface area contributed by atoms with Crippen LogP contribution >= 0.6 is 0 Å². The van der Waals surface area contributed by atoms with Crippen molar-refractivity contribution in [1.82, 2.24) is 20.0 Å². The summed E-state index contributed by atoms with van der Waals surface area (Å²) in [6, 6.07) is 0.771. The zero-order chi connectivity index (χ0) is 15.0. The number of rotatable bonds is 1. The highest BCUT2D eigenvalue weighted by Gasteiger charge is 2.41. The number of amides is 2. The van der Waals surface area contributed by atoms with Crippen molar-refractivity contribution in [3.63, 3.8) is 0 Å². The standard InChI is InChI=1S/C15H26N4O2/c1-17(2)12-4-3-7-18(9-12)14(20)15(21)19-8-11-5-6-16-13(11)10-19/h11-13,16H,3-10H2,1-2H3/t11-,12?,13+/m0/s1. The molecule has 0 aromatic rings. The van der Waals surface area contributed by atoms with E-state index in [1.54, 1.807) is 9.80 Å². The largest absolute Gasteiger partial charge is 0.333 e. The van der Waals surface area contributed by atoms with E-state index >= 15 is 0 Å². The Balaban J connectivity index is 1.58. The van der Waals surface area contributed by atoms with Gasteiger partial charge in [-0.1, -0.05) is 0 Å². The van der Waals surface area contributed by atoms with Crippen molar-refractivity contribution in [2.24, 2.45) is 5.92 Å². The van der Waals surface area contributed by atoms with E-state index in [0.29, 0.717) is 37.6 Å². The summed E-state index contributed by atoms with van der Waals surface area (Å²) < 4.78 is 0. The Hall–Kier alpha value is -1.14. The summed E-state index contributed by atoms with van der Waals surface area (Å²) in [4.78, 5) is 30.6. The average Bonchev–Trinajstić information content (AvgIpc) is 3.07. The van der Waals surface area contributed by atoms with Gasteiger partial charge < -0.3 is 20.0 Å². The van der Waals surface area contributed by atoms with Crippen molar-refractivity contribution in [3.05, 3.63) is 0 Å². The molecule has 3 atom stereocenters. The Kier molecular flexibility index (Phi) is 4.17. The maximum Gasteiger partial charge on any atom is 0.312 e. The van der Waals surface area contributed by atoms with E-state index in [1.807, 2.05) is 14.1 Å². The number of nitrogens with one attached hydrogen (secondary N) is 1. The molecule has 0 aromatic carbocycles. The lowest BCUT2D eigenvalue weighted by Gasteiger charge is -2.36. The van der Waals surface area contributed by atoms with Crippen molar-refractivity contribution in [2.75, 3.05) is 46.8 Å². The molecular weight excluding hydrogens is 268 g/mol. The van der Waals surface area contributed by atoms with E-state index in [4.69, 9.17) is 0 Å². The fourth-order valence-corrected chi connectivity index (χ4v) is 3.85. The molecule has 0 radical (unpaired) electrons. The first-order valence-corrected chi connectivity index (χ1v) is 8.04. The molecule has 6 nitrogen and oxygen atoms in total. The highest BCUT2D eigenvalue weighted by Crippen LogP contribution is 2.25. The zero-order valence-electron chi connectivity index (χ0n) is 13.0. The topological polar surface area (TPSA) is 55.9 Å². The Morgan fingerprint density at radius 1 is 1.05 bits per heavy atom. The second-order valence-electron chi connectivity index (χ2n) is 6.83. The van der Waals surface area contributed by atoms with Crippen molar-refractivity contribution in [3.8, 4) is 0 Å². The lowest BCUT2D eigenvalue weighted by Crippen LogP contribution is -2.52. The first-order valence-electron chi connectivity index (χ1n) is 8.04. The molecule has 118 valence electrons. The van der Waals surface area contributed by atoms with Gasteiger partial charge in [0.05, 0.1) is 0 Å². The van der Waals surface area contributed by atoms with Gasteiger partial charge in [0.2, 0.25) is 0 Å². The molecule has 3 aliphatic rings. The second-order valence-corrected chi connectivity index (χ2v) is 6.83. The van der Waals surface area contributed by atoms with Crippen LogP contribution < -0.4 is 5.32 Å². The first-order chi connectivity index (χ1) is 10.1. The van der Waals surface area contributed by atoms with Gasteiger partial charge in [0.1, 0.15) is 0 Å². The van der Waals surface area contributed by atoms with Gasteiger partial charge >= 0.3 is 11.8 Å². The molecule has 0 bridgehead atoms. The molecule has 3 aliphatic heterocycles. The molecule has 3 saturated heterocycles. The maximum absolute atomic E-state index is 12.5. The third-order valence-corrected chi connectivity index (χ3v) is 5.25. The van der Waals surface area contributed by atoms with Crippen LogP contribution in [-0.4, -0.2) is 85.4 Å². The number of hydrogen-bond donors (Lipinski definition) is 1. The van der Waals surface area contributed by atoms with Gasteiger partial charge in [-0.3, -0.25) is 9.59 Å². The van der Waals surface area contributed by atoms with Crippen LogP contribution in [0.4, 0.5) is 0 Å². The van der Waals surface area contributed by atoms with Gasteiger partial charge in [0.15, 0.2) is 0 Å². The van der Waals surface area contributed by atoms with E-state index in [2.05, 4.69) is 10.2 Å². The van der Waals surface area contributed by atoms with Crippen LogP contribution in [0, 0.1) is 5.92 Å². The van der Waals surface area contributed by atoms with E-state index in [-0.39, 0.29) is 11.8 Å². The monoisotopic (exact) mass is 294 g/mol. The SMILES string of the molecule is CN(C)C1CCCN(C(=O)C(=O)N2C[C@@H]3CCN[C@@H]3C2)C1. The minimum atomic E-state index is -0.304. The van der Waals surface area contributed by atoms with Crippen LogP contribution in [0.2, 0.25) is 0 Å². The summed E-state index contributed by atoms with van der Waals surface area (Å²) in [5.41, 5.74) is 0. The smallest absolute Gasteiger partial charge is 0.312 e. The molecular formula is C15H26N4O2. The van der Waals surface area contributed by atoms with Crippen molar-refractivity contribution in [1.29, 1.82) is 0 Å². The Bertz CT molecular complexity index is 414. The van der Waals surface area contributed by atoms with Crippen molar-refractivity contribution in [2.45, 2.75) is 31.3 Å². The van der Waals surface area contributed by atoms with Crippen LogP contribution in [0.25, 0.3) is 0 Å². The Morgan fingerprint density at radius 3 is 2.52 bits per heavy atom. The number of carbonyl (C=O) groups is 2. The van der Waals surface area contributed by atoms with Crippen molar-refractivity contribution < 1.29 is 9.59 Å². The molecule has 3 heterocycles. The van der Waals surface area contributed by atoms with E-state index in [9.17, 15) is 9.59 Å². The normalized spacial score (nSPS) is 32.6. The summed E-state index contributed by atoms with van der Waals surface area (Å²) in [5.74, 6) is -0.0650. The lowest BCUT2D eigenvalue weighted by atomic mass is 10.0. The molecule has 21 heavy (non-hydrogen) atoms. The predicted octanol–water partition coefficient (Wildman–Crippen LogP) is -0.641. The predicted molar refractivity (Wildman–Crippen MR) is 79.8 cm³/mol. The summed E-state index contributed by atoms with van der Waals surface area (Å²) >= 11 is 0. The summed E-state index contributed by atoms with van der Waals surface area (Å²) in [7, 11) is 4.07. The molecule has 0 aliphatic carbocycles. The minimum absolute atomic E-state index is 0.300. The number of carbonyl (C=O) groups excluding carboxylic acids is 2. The highest BCUT2D eigenvalue weighted by atomic mass is 16.2. The van der Waals surface area contributed by atoms with E-state index < -0.39 is 0 Å². The number of nitrogens with zero attached hydrogens (tertiary/aromatic N) is 3. The summed E-state index contributed by atoms with van der Waals surface area (Å²) in [6.45, 7) is 3.87. The van der Waals surface area contributed by atoms with E-state index in [1.165, 1.54) is 0 Å². The van der Waals surface area contributed by atoms with Gasteiger partial charge in [-0.15, -0.1) is 0 Å². The van der Waals surface area contributed by atoms with Crippen LogP contribution in [-0.2, 0) is 9.59 Å². The molecule has 0 aromatic heterocycles. The van der Waals surface area contributed by atoms with Crippen LogP contribution in [0.5, 0.6) is 0 Å². The number of hydrogen-bond acceptors (Lipinski definition) is 4. The third-order valence-electron chi connectivity index (χ3n) is 5.25. The number of likely N-dealkylation sites (N-methyl/N-ethyl adjacent to an activating group) is 1. The highest BCUT2D eigenvalue weighted by molar-refractivity contribution is 6.35. The minimum Gasteiger partial charge on any atom is -0.333 e. The summed E-state index contributed by atoms with van der Waals surface area (Å²) in [5, 5.41) is 3.42. The Morgan fingerprint density at radius 2 is 1.81 bits per heavy atom. The van der Waals surface area contributed by atoms with Crippen molar-refractivity contribution >= 4 is 11.8 Å². The maximum atomic E-state index is 12.5. The molecule has 1 N–H and O–H groups in total. The number of fused-ring (bicyclic) bond motifs is 1. The van der Waals surface area contributed by atoms with Gasteiger partial charge in [-0.05, 0) is 45.8 Å².